The summed E-state index contributed by atoms with van der Waals surface area (Å²) >= 11 is 1.56. The van der Waals surface area contributed by atoms with Crippen molar-refractivity contribution in [2.45, 2.75) is 31.3 Å². The van der Waals surface area contributed by atoms with E-state index in [1.807, 2.05) is 18.4 Å². The van der Waals surface area contributed by atoms with Gasteiger partial charge in [-0.2, -0.15) is 11.8 Å². The Morgan fingerprint density at radius 2 is 1.94 bits per heavy atom. The maximum atomic E-state index is 13.4. The van der Waals surface area contributed by atoms with Gasteiger partial charge < -0.3 is 19.8 Å². The Bertz CT molecular complexity index is 1300. The van der Waals surface area contributed by atoms with Crippen LogP contribution in [0.5, 0.6) is 11.5 Å². The quantitative estimate of drug-likeness (QED) is 0.526. The molecule has 33 heavy (non-hydrogen) atoms. The Hall–Kier alpha value is -3.20. The third-order valence-electron chi connectivity index (χ3n) is 6.09. The number of carbonyl (C=O) groups excluding carboxylic acids is 1. The molecule has 3 aromatic rings. The lowest BCUT2D eigenvalue weighted by Crippen LogP contribution is -2.45. The summed E-state index contributed by atoms with van der Waals surface area (Å²) in [4.78, 5) is 42.2. The van der Waals surface area contributed by atoms with E-state index in [4.69, 9.17) is 9.47 Å². The van der Waals surface area contributed by atoms with Crippen LogP contribution in [0.1, 0.15) is 36.1 Å². The Morgan fingerprint density at radius 1 is 1.21 bits per heavy atom. The minimum Gasteiger partial charge on any atom is -0.493 e. The highest BCUT2D eigenvalue weighted by atomic mass is 32.2. The first-order valence-electron chi connectivity index (χ1n) is 10.8. The molecule has 0 aliphatic heterocycles. The van der Waals surface area contributed by atoms with Gasteiger partial charge >= 0.3 is 5.69 Å². The number of ether oxygens (including phenoxy) is 2. The van der Waals surface area contributed by atoms with Crippen LogP contribution in [0.3, 0.4) is 0 Å². The number of aromatic amines is 1. The molecule has 1 aliphatic rings. The number of thioether (sulfide) groups is 1. The molecular weight excluding hydrogens is 442 g/mol. The number of hydrogen-bond donors (Lipinski definition) is 2. The van der Waals surface area contributed by atoms with Gasteiger partial charge in [0.1, 0.15) is 6.04 Å². The van der Waals surface area contributed by atoms with Gasteiger partial charge in [-0.05, 0) is 66.7 Å². The van der Waals surface area contributed by atoms with Crippen LogP contribution in [0, 0.1) is 0 Å². The van der Waals surface area contributed by atoms with Crippen molar-refractivity contribution in [3.05, 3.63) is 68.4 Å². The summed E-state index contributed by atoms with van der Waals surface area (Å²) in [6, 6.07) is 9.49. The van der Waals surface area contributed by atoms with Crippen LogP contribution in [0.15, 0.2) is 46.0 Å². The Kier molecular flexibility index (Phi) is 6.78. The number of aryl methyl sites for hydroxylation is 1. The molecule has 1 aromatic heterocycles. The van der Waals surface area contributed by atoms with E-state index in [1.165, 1.54) is 0 Å². The molecular formula is C24H27N3O5S. The highest BCUT2D eigenvalue weighted by molar-refractivity contribution is 7.98. The van der Waals surface area contributed by atoms with Crippen LogP contribution < -0.4 is 26.0 Å². The Balaban J connectivity index is 1.69. The predicted molar refractivity (Wildman–Crippen MR) is 130 cm³/mol. The van der Waals surface area contributed by atoms with Gasteiger partial charge in [0.15, 0.2) is 11.5 Å². The lowest BCUT2D eigenvalue weighted by Gasteiger charge is -2.22. The van der Waals surface area contributed by atoms with Crippen LogP contribution in [-0.4, -0.2) is 41.7 Å². The van der Waals surface area contributed by atoms with Crippen LogP contribution in [-0.2, 0) is 11.2 Å². The monoisotopic (exact) mass is 469 g/mol. The normalized spacial score (nSPS) is 15.8. The van der Waals surface area contributed by atoms with E-state index < -0.39 is 17.3 Å². The molecule has 2 atom stereocenters. The summed E-state index contributed by atoms with van der Waals surface area (Å²) in [5, 5.41) is 3.45. The average molecular weight is 470 g/mol. The lowest BCUT2D eigenvalue weighted by molar-refractivity contribution is -0.125. The molecule has 8 nitrogen and oxygen atoms in total. The molecule has 0 spiro atoms. The number of carbonyl (C=O) groups is 1. The number of nitrogens with zero attached hydrogens (tertiary/aromatic N) is 1. The molecule has 4 rings (SSSR count). The van der Waals surface area contributed by atoms with Gasteiger partial charge in [0.05, 0.1) is 31.2 Å². The number of H-pyrrole nitrogens is 1. The SMILES string of the molecule is COc1cc2c(cc1OC)C(NC(=O)[C@H](CCSC)n1c(=O)[nH]c3ccccc3c1=O)CC2. The van der Waals surface area contributed by atoms with Crippen molar-refractivity contribution in [1.29, 1.82) is 0 Å². The van der Waals surface area contributed by atoms with Crippen LogP contribution in [0.4, 0.5) is 0 Å². The van der Waals surface area contributed by atoms with E-state index in [0.717, 1.165) is 28.5 Å². The van der Waals surface area contributed by atoms with Gasteiger partial charge in [-0.1, -0.05) is 12.1 Å². The van der Waals surface area contributed by atoms with Crippen LogP contribution in [0.2, 0.25) is 0 Å². The smallest absolute Gasteiger partial charge is 0.329 e. The molecule has 174 valence electrons. The first kappa shape index (κ1) is 23.0. The van der Waals surface area contributed by atoms with Gasteiger partial charge in [0, 0.05) is 0 Å². The van der Waals surface area contributed by atoms with Gasteiger partial charge in [0.25, 0.3) is 5.56 Å². The summed E-state index contributed by atoms with van der Waals surface area (Å²) in [5.74, 6) is 1.52. The van der Waals surface area contributed by atoms with Gasteiger partial charge in [-0.15, -0.1) is 0 Å². The van der Waals surface area contributed by atoms with E-state index in [0.29, 0.717) is 34.6 Å². The minimum absolute atomic E-state index is 0.237. The fourth-order valence-electron chi connectivity index (χ4n) is 4.42. The Labute approximate surface area is 195 Å². The van der Waals surface area contributed by atoms with Gasteiger partial charge in [-0.25, -0.2) is 9.36 Å². The van der Waals surface area contributed by atoms with Crippen molar-refractivity contribution in [2.75, 3.05) is 26.2 Å². The highest BCUT2D eigenvalue weighted by Gasteiger charge is 2.31. The number of para-hydroxylation sites is 1. The Morgan fingerprint density at radius 3 is 2.67 bits per heavy atom. The molecule has 0 bridgehead atoms. The molecule has 1 heterocycles. The van der Waals surface area contributed by atoms with Gasteiger partial charge in [0.2, 0.25) is 5.91 Å². The first-order valence-corrected chi connectivity index (χ1v) is 12.2. The van der Waals surface area contributed by atoms with E-state index in [2.05, 4.69) is 10.3 Å². The molecule has 0 saturated heterocycles. The maximum Gasteiger partial charge on any atom is 0.329 e. The van der Waals surface area contributed by atoms with E-state index in [1.54, 1.807) is 50.2 Å². The number of benzene rings is 2. The second-order valence-corrected chi connectivity index (χ2v) is 8.94. The molecule has 9 heteroatoms. The molecule has 1 amide bonds. The zero-order chi connectivity index (χ0) is 23.5. The van der Waals surface area contributed by atoms with Crippen LogP contribution in [0.25, 0.3) is 10.9 Å². The van der Waals surface area contributed by atoms with Crippen molar-refractivity contribution in [2.24, 2.45) is 0 Å². The zero-order valence-electron chi connectivity index (χ0n) is 18.8. The number of nitrogens with one attached hydrogen (secondary N) is 2. The van der Waals surface area contributed by atoms with Gasteiger partial charge in [-0.3, -0.25) is 9.59 Å². The van der Waals surface area contributed by atoms with E-state index >= 15 is 0 Å². The van der Waals surface area contributed by atoms with Crippen molar-refractivity contribution in [1.82, 2.24) is 14.9 Å². The number of fused-ring (bicyclic) bond motifs is 2. The second-order valence-electron chi connectivity index (χ2n) is 7.95. The molecule has 0 fully saturated rings. The minimum atomic E-state index is -0.914. The predicted octanol–water partition coefficient (Wildman–Crippen LogP) is 2.80. The molecule has 0 saturated carbocycles. The molecule has 2 aromatic carbocycles. The molecule has 1 unspecified atom stereocenters. The molecule has 2 N–H and O–H groups in total. The fraction of sp³-hybridized carbons (Fsp3) is 0.375. The number of hydrogen-bond acceptors (Lipinski definition) is 6. The summed E-state index contributed by atoms with van der Waals surface area (Å²) in [6.45, 7) is 0. The maximum absolute atomic E-state index is 13.4. The fourth-order valence-corrected chi connectivity index (χ4v) is 4.88. The van der Waals surface area contributed by atoms with Crippen molar-refractivity contribution in [3.8, 4) is 11.5 Å². The number of amides is 1. The number of methoxy groups -OCH3 is 2. The second kappa shape index (κ2) is 9.74. The van der Waals surface area contributed by atoms with Crippen molar-refractivity contribution < 1.29 is 14.3 Å². The topological polar surface area (TPSA) is 102 Å². The molecule has 1 aliphatic carbocycles. The summed E-state index contributed by atoms with van der Waals surface area (Å²) in [7, 11) is 3.16. The summed E-state index contributed by atoms with van der Waals surface area (Å²) in [5.41, 5.74) is 1.45. The molecule has 0 radical (unpaired) electrons. The van der Waals surface area contributed by atoms with Crippen molar-refractivity contribution in [3.63, 3.8) is 0 Å². The number of aromatic nitrogens is 2. The summed E-state index contributed by atoms with van der Waals surface area (Å²) in [6.07, 6.45) is 3.79. The zero-order valence-corrected chi connectivity index (χ0v) is 19.7. The lowest BCUT2D eigenvalue weighted by atomic mass is 10.1. The van der Waals surface area contributed by atoms with E-state index in [9.17, 15) is 14.4 Å². The standard InChI is InChI=1S/C24H27N3O5S/c1-31-20-12-14-8-9-18(16(14)13-21(20)32-2)25-22(28)19(10-11-33-3)27-23(29)15-6-4-5-7-17(15)26-24(27)30/h4-7,12-13,18-19H,8-11H2,1-3H3,(H,25,28)(H,26,30)/t18?,19-/m0/s1. The average Bonchev–Trinajstić information content (AvgIpc) is 3.21. The third-order valence-corrected chi connectivity index (χ3v) is 6.73. The largest absolute Gasteiger partial charge is 0.493 e. The first-order chi connectivity index (χ1) is 16.0. The van der Waals surface area contributed by atoms with Crippen LogP contribution >= 0.6 is 11.8 Å². The summed E-state index contributed by atoms with van der Waals surface area (Å²) < 4.78 is 11.9. The van der Waals surface area contributed by atoms with E-state index in [-0.39, 0.29) is 11.9 Å². The number of rotatable bonds is 8. The van der Waals surface area contributed by atoms with Crippen molar-refractivity contribution >= 4 is 28.6 Å². The third kappa shape index (κ3) is 4.37. The highest BCUT2D eigenvalue weighted by Crippen LogP contribution is 2.39.